The lowest BCUT2D eigenvalue weighted by Crippen LogP contribution is -2.45. The molecule has 1 aliphatic carbocycles. The van der Waals surface area contributed by atoms with Crippen LogP contribution < -0.4 is 0 Å². The molecule has 0 aromatic heterocycles. The third-order valence-electron chi connectivity index (χ3n) is 4.31. The number of carbonyl (C=O) groups is 1. The smallest absolute Gasteiger partial charge is 0.148 e. The summed E-state index contributed by atoms with van der Waals surface area (Å²) in [5.41, 5.74) is 1.03. The highest BCUT2D eigenvalue weighted by Crippen LogP contribution is 2.46. The van der Waals surface area contributed by atoms with Gasteiger partial charge in [0, 0.05) is 12.5 Å². The summed E-state index contributed by atoms with van der Waals surface area (Å²) >= 11 is 0. The molecule has 2 aliphatic rings. The Bertz CT molecular complexity index is 400. The van der Waals surface area contributed by atoms with Crippen LogP contribution in [0.5, 0.6) is 0 Å². The number of hydrogen-bond donors (Lipinski definition) is 0. The van der Waals surface area contributed by atoms with Crippen LogP contribution in [0.3, 0.4) is 0 Å². The van der Waals surface area contributed by atoms with Gasteiger partial charge in [-0.15, -0.1) is 0 Å². The summed E-state index contributed by atoms with van der Waals surface area (Å²) in [6, 6.07) is 10.3. The summed E-state index contributed by atoms with van der Waals surface area (Å²) < 4.78 is 5.36. The Morgan fingerprint density at radius 3 is 2.53 bits per heavy atom. The average molecular weight is 230 g/mol. The Labute approximate surface area is 102 Å². The lowest BCUT2D eigenvalue weighted by molar-refractivity contribution is -0.131. The normalized spacial score (nSPS) is 26.5. The van der Waals surface area contributed by atoms with Crippen molar-refractivity contribution >= 4 is 5.78 Å². The molecule has 1 aliphatic heterocycles. The second-order valence-corrected chi connectivity index (χ2v) is 5.23. The van der Waals surface area contributed by atoms with E-state index in [4.69, 9.17) is 4.74 Å². The van der Waals surface area contributed by atoms with E-state index in [-0.39, 0.29) is 11.3 Å². The summed E-state index contributed by atoms with van der Waals surface area (Å²) in [6.07, 6.45) is 4.13. The minimum absolute atomic E-state index is 0.135. The molecule has 1 atom stereocenters. The van der Waals surface area contributed by atoms with Gasteiger partial charge >= 0.3 is 0 Å². The molecule has 0 N–H and O–H groups in total. The molecular formula is C15H18O2. The Morgan fingerprint density at radius 2 is 2.00 bits per heavy atom. The van der Waals surface area contributed by atoms with E-state index in [1.165, 1.54) is 12.0 Å². The van der Waals surface area contributed by atoms with Gasteiger partial charge in [-0.2, -0.15) is 0 Å². The summed E-state index contributed by atoms with van der Waals surface area (Å²) in [6.45, 7) is 1.38. The highest BCUT2D eigenvalue weighted by Gasteiger charge is 2.48. The van der Waals surface area contributed by atoms with Gasteiger partial charge in [-0.3, -0.25) is 4.79 Å². The zero-order valence-electron chi connectivity index (χ0n) is 10.0. The fraction of sp³-hybridized carbons (Fsp3) is 0.533. The summed E-state index contributed by atoms with van der Waals surface area (Å²) in [5.74, 6) is 0.558. The maximum Gasteiger partial charge on any atom is 0.148 e. The summed E-state index contributed by atoms with van der Waals surface area (Å²) in [7, 11) is 0. The highest BCUT2D eigenvalue weighted by atomic mass is 16.5. The maximum absolute atomic E-state index is 12.7. The largest absolute Gasteiger partial charge is 0.381 e. The first-order valence-electron chi connectivity index (χ1n) is 6.50. The second kappa shape index (κ2) is 4.26. The number of hydrogen-bond acceptors (Lipinski definition) is 2. The van der Waals surface area contributed by atoms with Gasteiger partial charge in [-0.25, -0.2) is 0 Å². The van der Waals surface area contributed by atoms with Crippen molar-refractivity contribution in [2.24, 2.45) is 5.92 Å². The number of carbonyl (C=O) groups excluding carboxylic acids is 1. The summed E-state index contributed by atoms with van der Waals surface area (Å²) in [4.78, 5) is 12.7. The molecular weight excluding hydrogens is 212 g/mol. The van der Waals surface area contributed by atoms with Gasteiger partial charge in [0.05, 0.1) is 12.0 Å². The SMILES string of the molecule is O=C(C1CCOC1)C1(c2ccccc2)CCC1. The van der Waals surface area contributed by atoms with Gasteiger partial charge in [0.15, 0.2) is 0 Å². The molecule has 1 saturated heterocycles. The Balaban J connectivity index is 1.89. The fourth-order valence-electron chi connectivity index (χ4n) is 3.10. The van der Waals surface area contributed by atoms with E-state index in [0.29, 0.717) is 12.4 Å². The molecule has 17 heavy (non-hydrogen) atoms. The minimum Gasteiger partial charge on any atom is -0.381 e. The molecule has 1 saturated carbocycles. The number of ketones is 1. The van der Waals surface area contributed by atoms with Gasteiger partial charge < -0.3 is 4.74 Å². The lowest BCUT2D eigenvalue weighted by atomic mass is 9.59. The number of rotatable bonds is 3. The van der Waals surface area contributed by atoms with Crippen LogP contribution in [-0.2, 0) is 14.9 Å². The van der Waals surface area contributed by atoms with Crippen molar-refractivity contribution in [3.05, 3.63) is 35.9 Å². The first-order valence-corrected chi connectivity index (χ1v) is 6.50. The van der Waals surface area contributed by atoms with Crippen molar-refractivity contribution < 1.29 is 9.53 Å². The van der Waals surface area contributed by atoms with Crippen molar-refractivity contribution in [1.29, 1.82) is 0 Å². The molecule has 90 valence electrons. The molecule has 2 heteroatoms. The van der Waals surface area contributed by atoms with Gasteiger partial charge in [0.2, 0.25) is 0 Å². The van der Waals surface area contributed by atoms with E-state index in [2.05, 4.69) is 12.1 Å². The molecule has 3 rings (SSSR count). The van der Waals surface area contributed by atoms with Crippen LogP contribution in [0.25, 0.3) is 0 Å². The van der Waals surface area contributed by atoms with Crippen molar-refractivity contribution in [1.82, 2.24) is 0 Å². The van der Waals surface area contributed by atoms with Crippen LogP contribution >= 0.6 is 0 Å². The van der Waals surface area contributed by atoms with E-state index in [9.17, 15) is 4.79 Å². The lowest BCUT2D eigenvalue weighted by Gasteiger charge is -2.42. The predicted molar refractivity (Wildman–Crippen MR) is 65.9 cm³/mol. The molecule has 1 aromatic rings. The molecule has 0 spiro atoms. The molecule has 0 bridgehead atoms. The number of Topliss-reactive ketones (excluding diaryl/α,β-unsaturated/α-hetero) is 1. The van der Waals surface area contributed by atoms with Crippen LogP contribution in [0.2, 0.25) is 0 Å². The first kappa shape index (κ1) is 11.0. The second-order valence-electron chi connectivity index (χ2n) is 5.23. The van der Waals surface area contributed by atoms with E-state index in [1.807, 2.05) is 18.2 Å². The molecule has 1 heterocycles. The van der Waals surface area contributed by atoms with Crippen LogP contribution in [0.15, 0.2) is 30.3 Å². The Kier molecular flexibility index (Phi) is 2.75. The Morgan fingerprint density at radius 1 is 1.24 bits per heavy atom. The molecule has 1 aromatic carbocycles. The third kappa shape index (κ3) is 1.71. The van der Waals surface area contributed by atoms with Gasteiger partial charge in [-0.05, 0) is 24.8 Å². The Hall–Kier alpha value is -1.15. The molecule has 1 unspecified atom stereocenters. The van der Waals surface area contributed by atoms with E-state index < -0.39 is 0 Å². The van der Waals surface area contributed by atoms with Crippen LogP contribution in [0.1, 0.15) is 31.2 Å². The predicted octanol–water partition coefficient (Wildman–Crippen LogP) is 2.71. The zero-order valence-corrected chi connectivity index (χ0v) is 10.0. The van der Waals surface area contributed by atoms with Crippen molar-refractivity contribution in [2.45, 2.75) is 31.1 Å². The van der Waals surface area contributed by atoms with Gasteiger partial charge in [0.25, 0.3) is 0 Å². The monoisotopic (exact) mass is 230 g/mol. The third-order valence-corrected chi connectivity index (χ3v) is 4.31. The zero-order chi connectivity index (χ0) is 11.7. The van der Waals surface area contributed by atoms with Crippen LogP contribution in [-0.4, -0.2) is 19.0 Å². The molecule has 2 nitrogen and oxygen atoms in total. The van der Waals surface area contributed by atoms with Crippen molar-refractivity contribution in [2.75, 3.05) is 13.2 Å². The first-order chi connectivity index (χ1) is 8.33. The van der Waals surface area contributed by atoms with Gasteiger partial charge in [-0.1, -0.05) is 36.8 Å². The number of benzene rings is 1. The van der Waals surface area contributed by atoms with E-state index >= 15 is 0 Å². The van der Waals surface area contributed by atoms with E-state index in [1.54, 1.807) is 0 Å². The molecule has 0 amide bonds. The summed E-state index contributed by atoms with van der Waals surface area (Å²) in [5, 5.41) is 0. The molecule has 0 radical (unpaired) electrons. The van der Waals surface area contributed by atoms with E-state index in [0.717, 1.165) is 25.9 Å². The van der Waals surface area contributed by atoms with Crippen molar-refractivity contribution in [3.63, 3.8) is 0 Å². The molecule has 2 fully saturated rings. The van der Waals surface area contributed by atoms with Crippen LogP contribution in [0.4, 0.5) is 0 Å². The quantitative estimate of drug-likeness (QED) is 0.798. The minimum atomic E-state index is -0.181. The standard InChI is InChI=1S/C15H18O2/c16-14(12-7-10-17-11-12)15(8-4-9-15)13-5-2-1-3-6-13/h1-3,5-6,12H,4,7-11H2. The number of ether oxygens (including phenoxy) is 1. The van der Waals surface area contributed by atoms with Crippen LogP contribution in [0, 0.1) is 5.92 Å². The van der Waals surface area contributed by atoms with Gasteiger partial charge in [0.1, 0.15) is 5.78 Å². The topological polar surface area (TPSA) is 26.3 Å². The van der Waals surface area contributed by atoms with Crippen molar-refractivity contribution in [3.8, 4) is 0 Å². The fourth-order valence-corrected chi connectivity index (χ4v) is 3.10. The highest BCUT2D eigenvalue weighted by molar-refractivity contribution is 5.93. The average Bonchev–Trinajstić information content (AvgIpc) is 2.82. The maximum atomic E-state index is 12.7.